The number of aromatic nitrogens is 1. The minimum absolute atomic E-state index is 0.00653. The summed E-state index contributed by atoms with van der Waals surface area (Å²) in [5, 5.41) is 17.9. The molecule has 2 aromatic rings. The number of benzene rings is 1. The second-order valence-corrected chi connectivity index (χ2v) is 4.46. The van der Waals surface area contributed by atoms with Crippen LogP contribution in [-0.4, -0.2) is 21.7 Å². The summed E-state index contributed by atoms with van der Waals surface area (Å²) < 4.78 is 14.4. The molecule has 1 heterocycles. The Balaban J connectivity index is 2.28. The molecule has 0 saturated carbocycles. The highest BCUT2D eigenvalue weighted by atomic mass is 35.5. The molecule has 0 atom stereocenters. The fraction of sp³-hybridized carbons (Fsp3) is 0.0833. The van der Waals surface area contributed by atoms with Crippen molar-refractivity contribution in [1.29, 1.82) is 0 Å². The summed E-state index contributed by atoms with van der Waals surface area (Å²) in [6.45, 7) is 0.223. The van der Waals surface area contributed by atoms with Gasteiger partial charge in [0.05, 0.1) is 11.6 Å². The van der Waals surface area contributed by atoms with Crippen molar-refractivity contribution in [1.82, 2.24) is 4.57 Å². The largest absolute Gasteiger partial charge is 0.488 e. The lowest BCUT2D eigenvalue weighted by atomic mass is 9.81. The summed E-state index contributed by atoms with van der Waals surface area (Å²) in [5.41, 5.74) is 0.412. The van der Waals surface area contributed by atoms with Crippen LogP contribution in [0.25, 0.3) is 0 Å². The van der Waals surface area contributed by atoms with E-state index in [1.165, 1.54) is 35.0 Å². The molecule has 0 bridgehead atoms. The van der Waals surface area contributed by atoms with Crippen LogP contribution >= 0.6 is 11.6 Å². The van der Waals surface area contributed by atoms with E-state index in [0.29, 0.717) is 5.56 Å². The number of hydrogen-bond donors (Lipinski definition) is 2. The van der Waals surface area contributed by atoms with Crippen molar-refractivity contribution in [2.24, 2.45) is 0 Å². The van der Waals surface area contributed by atoms with Crippen LogP contribution in [0, 0.1) is 5.82 Å². The van der Waals surface area contributed by atoms with Gasteiger partial charge in [0.1, 0.15) is 5.82 Å². The minimum Gasteiger partial charge on any atom is -0.423 e. The van der Waals surface area contributed by atoms with Gasteiger partial charge < -0.3 is 14.6 Å². The van der Waals surface area contributed by atoms with Crippen LogP contribution < -0.4 is 11.0 Å². The van der Waals surface area contributed by atoms with E-state index in [0.717, 1.165) is 6.07 Å². The molecule has 2 rings (SSSR count). The molecule has 0 aliphatic rings. The van der Waals surface area contributed by atoms with Crippen LogP contribution in [0.15, 0.2) is 41.3 Å². The zero-order valence-corrected chi connectivity index (χ0v) is 10.5. The van der Waals surface area contributed by atoms with Gasteiger partial charge in [0.15, 0.2) is 0 Å². The Morgan fingerprint density at radius 2 is 2.00 bits per heavy atom. The quantitative estimate of drug-likeness (QED) is 0.799. The zero-order valence-electron chi connectivity index (χ0n) is 9.75. The van der Waals surface area contributed by atoms with Gasteiger partial charge in [-0.1, -0.05) is 17.7 Å². The predicted molar refractivity (Wildman–Crippen MR) is 71.0 cm³/mol. The van der Waals surface area contributed by atoms with Gasteiger partial charge in [-0.25, -0.2) is 4.39 Å². The smallest absolute Gasteiger partial charge is 0.423 e. The topological polar surface area (TPSA) is 62.5 Å². The fourth-order valence-corrected chi connectivity index (χ4v) is 1.85. The molecule has 2 N–H and O–H groups in total. The molecule has 0 aliphatic carbocycles. The van der Waals surface area contributed by atoms with Crippen LogP contribution in [0.1, 0.15) is 5.56 Å². The summed E-state index contributed by atoms with van der Waals surface area (Å²) >= 11 is 5.66. The predicted octanol–water partition coefficient (Wildman–Crippen LogP) is 0.369. The number of pyridine rings is 1. The van der Waals surface area contributed by atoms with Gasteiger partial charge in [0.2, 0.25) is 5.56 Å². The van der Waals surface area contributed by atoms with Crippen molar-refractivity contribution < 1.29 is 14.4 Å². The van der Waals surface area contributed by atoms with Crippen molar-refractivity contribution in [2.45, 2.75) is 6.54 Å². The molecule has 98 valence electrons. The van der Waals surface area contributed by atoms with E-state index in [-0.39, 0.29) is 22.6 Å². The first-order chi connectivity index (χ1) is 8.97. The molecule has 0 aliphatic heterocycles. The van der Waals surface area contributed by atoms with E-state index in [1.807, 2.05) is 0 Å². The molecular formula is C12H10BClFNO3. The van der Waals surface area contributed by atoms with Crippen LogP contribution in [0.5, 0.6) is 0 Å². The Labute approximate surface area is 113 Å². The third-order valence-electron chi connectivity index (χ3n) is 2.66. The maximum atomic E-state index is 13.0. The number of nitrogens with zero attached hydrogens (tertiary/aromatic N) is 1. The first-order valence-electron chi connectivity index (χ1n) is 5.48. The van der Waals surface area contributed by atoms with E-state index in [1.54, 1.807) is 0 Å². The van der Waals surface area contributed by atoms with Gasteiger partial charge in [-0.2, -0.15) is 0 Å². The molecule has 19 heavy (non-hydrogen) atoms. The van der Waals surface area contributed by atoms with Gasteiger partial charge in [-0.15, -0.1) is 0 Å². The summed E-state index contributed by atoms with van der Waals surface area (Å²) in [6, 6.07) is 6.77. The van der Waals surface area contributed by atoms with Gasteiger partial charge in [0, 0.05) is 12.3 Å². The second-order valence-electron chi connectivity index (χ2n) is 4.05. The molecule has 0 fully saturated rings. The maximum absolute atomic E-state index is 13.0. The van der Waals surface area contributed by atoms with E-state index in [9.17, 15) is 9.18 Å². The lowest BCUT2D eigenvalue weighted by Gasteiger charge is -2.07. The normalized spacial score (nSPS) is 10.5. The highest BCUT2D eigenvalue weighted by Gasteiger charge is 2.12. The molecule has 1 aromatic heterocycles. The Bertz CT molecular complexity index is 660. The van der Waals surface area contributed by atoms with E-state index in [2.05, 4.69) is 0 Å². The number of rotatable bonds is 3. The molecule has 0 radical (unpaired) electrons. The SMILES string of the molecule is O=c1cc(B(O)O)ccn1Cc1ccc(F)c(Cl)c1. The average molecular weight is 281 g/mol. The maximum Gasteiger partial charge on any atom is 0.488 e. The van der Waals surface area contributed by atoms with Gasteiger partial charge in [-0.05, 0) is 29.2 Å². The molecule has 0 amide bonds. The van der Waals surface area contributed by atoms with Crippen molar-refractivity contribution in [3.05, 3.63) is 63.3 Å². The highest BCUT2D eigenvalue weighted by molar-refractivity contribution is 6.58. The van der Waals surface area contributed by atoms with Crippen LogP contribution in [-0.2, 0) is 6.54 Å². The van der Waals surface area contributed by atoms with E-state index in [4.69, 9.17) is 21.6 Å². The van der Waals surface area contributed by atoms with Crippen LogP contribution in [0.4, 0.5) is 4.39 Å². The third kappa shape index (κ3) is 3.23. The lowest BCUT2D eigenvalue weighted by Crippen LogP contribution is -2.35. The van der Waals surface area contributed by atoms with Gasteiger partial charge >= 0.3 is 7.12 Å². The van der Waals surface area contributed by atoms with Crippen molar-refractivity contribution in [2.75, 3.05) is 0 Å². The second kappa shape index (κ2) is 5.56. The third-order valence-corrected chi connectivity index (χ3v) is 2.94. The molecule has 7 heteroatoms. The van der Waals surface area contributed by atoms with Gasteiger partial charge in [0.25, 0.3) is 0 Å². The Morgan fingerprint density at radius 1 is 1.26 bits per heavy atom. The van der Waals surface area contributed by atoms with Crippen molar-refractivity contribution in [3.8, 4) is 0 Å². The average Bonchev–Trinajstić information content (AvgIpc) is 2.36. The summed E-state index contributed by atoms with van der Waals surface area (Å²) in [5.74, 6) is -0.517. The first kappa shape index (κ1) is 13.8. The Kier molecular flexibility index (Phi) is 4.04. The monoisotopic (exact) mass is 281 g/mol. The highest BCUT2D eigenvalue weighted by Crippen LogP contribution is 2.16. The van der Waals surface area contributed by atoms with Crippen LogP contribution in [0.3, 0.4) is 0 Å². The Hall–Kier alpha value is -1.63. The number of halogens is 2. The molecular weight excluding hydrogens is 271 g/mol. The first-order valence-corrected chi connectivity index (χ1v) is 5.85. The van der Waals surface area contributed by atoms with Gasteiger partial charge in [-0.3, -0.25) is 4.79 Å². The molecule has 0 spiro atoms. The summed E-state index contributed by atoms with van der Waals surface area (Å²) in [7, 11) is -1.68. The van der Waals surface area contributed by atoms with Crippen molar-refractivity contribution >= 4 is 24.2 Å². The van der Waals surface area contributed by atoms with E-state index < -0.39 is 12.9 Å². The Morgan fingerprint density at radius 3 is 2.58 bits per heavy atom. The molecule has 0 saturated heterocycles. The lowest BCUT2D eigenvalue weighted by molar-refractivity contribution is 0.425. The standard InChI is InChI=1S/C12H10BClFNO3/c14-10-5-8(1-2-11(10)15)7-16-4-3-9(13(18)19)6-12(16)17/h1-6,18-19H,7H2. The summed E-state index contributed by atoms with van der Waals surface area (Å²) in [6.07, 6.45) is 1.44. The van der Waals surface area contributed by atoms with Crippen LogP contribution in [0.2, 0.25) is 5.02 Å². The van der Waals surface area contributed by atoms with Crippen molar-refractivity contribution in [3.63, 3.8) is 0 Å². The van der Waals surface area contributed by atoms with E-state index >= 15 is 0 Å². The minimum atomic E-state index is -1.68. The number of hydrogen-bond acceptors (Lipinski definition) is 3. The molecule has 4 nitrogen and oxygen atoms in total. The zero-order chi connectivity index (χ0) is 14.0. The molecule has 1 aromatic carbocycles. The summed E-state index contributed by atoms with van der Waals surface area (Å²) in [4.78, 5) is 11.7. The fourth-order valence-electron chi connectivity index (χ4n) is 1.65. The molecule has 0 unspecified atom stereocenters.